The van der Waals surface area contributed by atoms with E-state index in [-0.39, 0.29) is 27.1 Å². The van der Waals surface area contributed by atoms with Crippen molar-refractivity contribution in [3.05, 3.63) is 69.3 Å². The molecule has 0 saturated heterocycles. The van der Waals surface area contributed by atoms with E-state index < -0.39 is 0 Å². The fraction of sp³-hybridized carbons (Fsp3) is 0.657. The molecule has 0 bridgehead atoms. The van der Waals surface area contributed by atoms with Crippen molar-refractivity contribution in [3.8, 4) is 0 Å². The maximum absolute atomic E-state index is 2.44. The van der Waals surface area contributed by atoms with Crippen LogP contribution in [0.5, 0.6) is 0 Å². The van der Waals surface area contributed by atoms with Gasteiger partial charge in [-0.1, -0.05) is 134 Å². The highest BCUT2D eigenvalue weighted by Gasteiger charge is 2.42. The highest BCUT2D eigenvalue weighted by Crippen LogP contribution is 2.51. The largest absolute Gasteiger partial charge is 0.0622 e. The first-order chi connectivity index (χ1) is 15.6. The molecule has 0 heteroatoms. The van der Waals surface area contributed by atoms with E-state index in [9.17, 15) is 0 Å². The summed E-state index contributed by atoms with van der Waals surface area (Å²) in [6.07, 6.45) is 3.44. The molecule has 0 nitrogen and oxygen atoms in total. The molecular weight excluding hydrogens is 420 g/mol. The quantitative estimate of drug-likeness (QED) is 0.411. The van der Waals surface area contributed by atoms with E-state index in [1.165, 1.54) is 12.0 Å². The smallest absolute Gasteiger partial charge is 0.0126 e. The summed E-state index contributed by atoms with van der Waals surface area (Å²) in [5.41, 5.74) is 11.4. The lowest BCUT2D eigenvalue weighted by Gasteiger charge is -2.46. The molecule has 0 spiro atoms. The number of hydrogen-bond donors (Lipinski definition) is 0. The minimum absolute atomic E-state index is 0.0633. The Balaban J connectivity index is 3.09. The zero-order valence-electron chi connectivity index (χ0n) is 26.0. The molecule has 0 fully saturated rings. The topological polar surface area (TPSA) is 0 Å². The van der Waals surface area contributed by atoms with Crippen molar-refractivity contribution in [1.29, 1.82) is 0 Å². The molecule has 2 aromatic rings. The van der Waals surface area contributed by atoms with Gasteiger partial charge in [-0.2, -0.15) is 0 Å². The van der Waals surface area contributed by atoms with E-state index in [4.69, 9.17) is 0 Å². The molecular formula is C35H56. The summed E-state index contributed by atoms with van der Waals surface area (Å²) in [5.74, 6) is 0. The summed E-state index contributed by atoms with van der Waals surface area (Å²) < 4.78 is 0. The average molecular weight is 477 g/mol. The van der Waals surface area contributed by atoms with Crippen molar-refractivity contribution >= 4 is 0 Å². The Bertz CT molecular complexity index is 945. The monoisotopic (exact) mass is 476 g/mol. The zero-order valence-corrected chi connectivity index (χ0v) is 26.0. The number of aryl methyl sites for hydroxylation is 1. The van der Waals surface area contributed by atoms with E-state index in [0.717, 1.165) is 12.8 Å². The second-order valence-electron chi connectivity index (χ2n) is 15.9. The summed E-state index contributed by atoms with van der Waals surface area (Å²) in [6.45, 7) is 36.5. The standard InChI is InChI=1S/C35H56/c1-31(2,3)26-25(23-19-22-24-20-17-16-18-21-24)27(32(4,5)6)29(34(10,11)12)30(35(13,14)15)28(26)33(7,8)9/h16-18,20-21H,19,22-23H2,1-15H3. The highest BCUT2D eigenvalue weighted by atomic mass is 14.5. The van der Waals surface area contributed by atoms with Crippen LogP contribution in [-0.4, -0.2) is 0 Å². The minimum Gasteiger partial charge on any atom is -0.0622 e. The third-order valence-electron chi connectivity index (χ3n) is 7.09. The van der Waals surface area contributed by atoms with E-state index in [1.54, 1.807) is 33.4 Å². The third-order valence-corrected chi connectivity index (χ3v) is 7.09. The lowest BCUT2D eigenvalue weighted by molar-refractivity contribution is 0.453. The van der Waals surface area contributed by atoms with Crippen LogP contribution in [0.4, 0.5) is 0 Å². The Morgan fingerprint density at radius 3 is 1.03 bits per heavy atom. The van der Waals surface area contributed by atoms with Crippen LogP contribution in [-0.2, 0) is 39.9 Å². The molecule has 0 unspecified atom stereocenters. The van der Waals surface area contributed by atoms with Gasteiger partial charge in [0, 0.05) is 0 Å². The van der Waals surface area contributed by atoms with Crippen molar-refractivity contribution in [2.45, 2.75) is 150 Å². The van der Waals surface area contributed by atoms with E-state index in [1.807, 2.05) is 0 Å². The van der Waals surface area contributed by atoms with E-state index in [0.29, 0.717) is 0 Å². The first kappa shape index (κ1) is 29.7. The molecule has 35 heavy (non-hydrogen) atoms. The maximum Gasteiger partial charge on any atom is -0.0126 e. The number of hydrogen-bond acceptors (Lipinski definition) is 0. The fourth-order valence-corrected chi connectivity index (χ4v) is 6.07. The van der Waals surface area contributed by atoms with Gasteiger partial charge in [-0.3, -0.25) is 0 Å². The van der Waals surface area contributed by atoms with Crippen LogP contribution in [0, 0.1) is 0 Å². The molecule has 0 aliphatic rings. The lowest BCUT2D eigenvalue weighted by Crippen LogP contribution is -2.37. The third kappa shape index (κ3) is 6.81. The Morgan fingerprint density at radius 2 is 0.714 bits per heavy atom. The summed E-state index contributed by atoms with van der Waals surface area (Å²) in [4.78, 5) is 0. The van der Waals surface area contributed by atoms with Gasteiger partial charge in [0.25, 0.3) is 0 Å². The molecule has 2 aromatic carbocycles. The Kier molecular flexibility index (Phi) is 8.24. The molecule has 0 amide bonds. The fourth-order valence-electron chi connectivity index (χ4n) is 6.07. The van der Waals surface area contributed by atoms with Gasteiger partial charge < -0.3 is 0 Å². The van der Waals surface area contributed by atoms with Crippen molar-refractivity contribution < 1.29 is 0 Å². The second kappa shape index (κ2) is 9.72. The number of rotatable bonds is 4. The van der Waals surface area contributed by atoms with Gasteiger partial charge in [-0.15, -0.1) is 0 Å². The molecule has 0 heterocycles. The first-order valence-electron chi connectivity index (χ1n) is 13.9. The highest BCUT2D eigenvalue weighted by molar-refractivity contribution is 5.62. The van der Waals surface area contributed by atoms with Gasteiger partial charge in [-0.25, -0.2) is 0 Å². The Hall–Kier alpha value is -1.56. The van der Waals surface area contributed by atoms with Crippen LogP contribution in [0.25, 0.3) is 0 Å². The van der Waals surface area contributed by atoms with Gasteiger partial charge >= 0.3 is 0 Å². The molecule has 2 rings (SSSR count). The maximum atomic E-state index is 2.44. The van der Waals surface area contributed by atoms with E-state index in [2.05, 4.69) is 134 Å². The van der Waals surface area contributed by atoms with Gasteiger partial charge in [0.2, 0.25) is 0 Å². The number of benzene rings is 2. The normalized spacial score (nSPS) is 13.9. The van der Waals surface area contributed by atoms with Crippen LogP contribution in [0.2, 0.25) is 0 Å². The summed E-state index contributed by atoms with van der Waals surface area (Å²) in [7, 11) is 0. The summed E-state index contributed by atoms with van der Waals surface area (Å²) >= 11 is 0. The van der Waals surface area contributed by atoms with Crippen LogP contribution < -0.4 is 0 Å². The van der Waals surface area contributed by atoms with Gasteiger partial charge in [-0.05, 0) is 85.3 Å². The summed E-state index contributed by atoms with van der Waals surface area (Å²) in [5, 5.41) is 0. The van der Waals surface area contributed by atoms with Crippen molar-refractivity contribution in [2.75, 3.05) is 0 Å². The lowest BCUT2D eigenvalue weighted by atomic mass is 9.58. The van der Waals surface area contributed by atoms with Crippen LogP contribution in [0.15, 0.2) is 30.3 Å². The molecule has 0 aromatic heterocycles. The van der Waals surface area contributed by atoms with Crippen LogP contribution >= 0.6 is 0 Å². The molecule has 0 aliphatic carbocycles. The first-order valence-corrected chi connectivity index (χ1v) is 13.9. The SMILES string of the molecule is CC(C)(C)c1c(CCCc2ccccc2)c(C(C)(C)C)c(C(C)(C)C)c(C(C)(C)C)c1C(C)(C)C. The van der Waals surface area contributed by atoms with Crippen LogP contribution in [0.3, 0.4) is 0 Å². The minimum atomic E-state index is 0.0633. The Labute approximate surface area is 219 Å². The Morgan fingerprint density at radius 1 is 0.400 bits per heavy atom. The van der Waals surface area contributed by atoms with E-state index >= 15 is 0 Å². The molecule has 0 aliphatic heterocycles. The molecule has 0 atom stereocenters. The molecule has 0 saturated carbocycles. The molecule has 0 N–H and O–H groups in total. The van der Waals surface area contributed by atoms with Gasteiger partial charge in [0.05, 0.1) is 0 Å². The predicted molar refractivity (Wildman–Crippen MR) is 158 cm³/mol. The molecule has 196 valence electrons. The zero-order chi connectivity index (χ0) is 27.2. The van der Waals surface area contributed by atoms with Gasteiger partial charge in [0.15, 0.2) is 0 Å². The van der Waals surface area contributed by atoms with Crippen molar-refractivity contribution in [3.63, 3.8) is 0 Å². The summed E-state index contributed by atoms with van der Waals surface area (Å²) in [6, 6.07) is 11.0. The van der Waals surface area contributed by atoms with Crippen LogP contribution in [0.1, 0.15) is 149 Å². The molecule has 0 radical (unpaired) electrons. The second-order valence-corrected chi connectivity index (χ2v) is 15.9. The predicted octanol–water partition coefficient (Wildman–Crippen LogP) is 10.3. The van der Waals surface area contributed by atoms with Crippen molar-refractivity contribution in [1.82, 2.24) is 0 Å². The average Bonchev–Trinajstić information content (AvgIpc) is 2.63. The van der Waals surface area contributed by atoms with Crippen molar-refractivity contribution in [2.24, 2.45) is 0 Å². The van der Waals surface area contributed by atoms with Gasteiger partial charge in [0.1, 0.15) is 0 Å².